The number of piperazine rings is 1. The highest BCUT2D eigenvalue weighted by molar-refractivity contribution is 7.89. The molecule has 1 aromatic carbocycles. The summed E-state index contributed by atoms with van der Waals surface area (Å²) in [6.45, 7) is 8.31. The minimum atomic E-state index is -3.95. The Hall–Kier alpha value is -2.63. The van der Waals surface area contributed by atoms with Gasteiger partial charge in [-0.3, -0.25) is 9.69 Å². The molecule has 0 radical (unpaired) electrons. The molecule has 11 heteroatoms. The monoisotopic (exact) mass is 522 g/mol. The van der Waals surface area contributed by atoms with Crippen molar-refractivity contribution in [2.45, 2.75) is 38.0 Å². The van der Waals surface area contributed by atoms with Crippen LogP contribution in [0.4, 0.5) is 8.78 Å². The number of sulfonamides is 1. The number of hydrogen-bond acceptors (Lipinski definition) is 6. The maximum atomic E-state index is 14.0. The van der Waals surface area contributed by atoms with Crippen molar-refractivity contribution in [1.82, 2.24) is 19.3 Å². The van der Waals surface area contributed by atoms with E-state index in [2.05, 4.69) is 17.0 Å². The van der Waals surface area contributed by atoms with E-state index in [1.807, 2.05) is 4.90 Å². The quantitative estimate of drug-likeness (QED) is 0.554. The molecular formula is C25H32F2N4O4S. The molecule has 1 aromatic heterocycles. The largest absolute Gasteiger partial charge is 0.355 e. The molecule has 3 heterocycles. The van der Waals surface area contributed by atoms with Crippen molar-refractivity contribution in [2.24, 2.45) is 5.92 Å². The number of nitrogens with zero attached hydrogens (tertiary/aromatic N) is 4. The molecule has 2 aromatic rings. The van der Waals surface area contributed by atoms with E-state index in [0.717, 1.165) is 38.2 Å². The van der Waals surface area contributed by atoms with Crippen LogP contribution in [0.5, 0.6) is 0 Å². The minimum Gasteiger partial charge on any atom is -0.355 e. The zero-order valence-corrected chi connectivity index (χ0v) is 21.4. The molecule has 0 unspecified atom stereocenters. The fourth-order valence-corrected chi connectivity index (χ4v) is 6.56. The average Bonchev–Trinajstić information content (AvgIpc) is 3.25. The van der Waals surface area contributed by atoms with Crippen LogP contribution in [-0.2, 0) is 14.8 Å². The van der Waals surface area contributed by atoms with Gasteiger partial charge in [0.05, 0.1) is 0 Å². The number of carbonyl (C=O) groups excluding carboxylic acids is 1. The van der Waals surface area contributed by atoms with E-state index in [9.17, 15) is 22.0 Å². The second kappa shape index (κ2) is 11.2. The number of aromatic nitrogens is 1. The third kappa shape index (κ3) is 5.68. The van der Waals surface area contributed by atoms with E-state index in [4.69, 9.17) is 4.52 Å². The number of amides is 1. The summed E-state index contributed by atoms with van der Waals surface area (Å²) in [4.78, 5) is 17.2. The standard InChI is InChI=1S/C25H32F2N4O4S/c1-3-10-29-13-15-30(16-14-29)25(32)20-8-11-31(12-9-20)36(33,34)24-18(2)28-35-23(24)7-5-19-4-6-21(26)17-22(19)27/h4-7,17,20H,3,8-16H2,1-2H3. The first-order valence-electron chi connectivity index (χ1n) is 12.3. The van der Waals surface area contributed by atoms with Gasteiger partial charge in [-0.2, -0.15) is 4.31 Å². The van der Waals surface area contributed by atoms with Gasteiger partial charge in [0.15, 0.2) is 10.7 Å². The summed E-state index contributed by atoms with van der Waals surface area (Å²) in [5.41, 5.74) is 0.279. The van der Waals surface area contributed by atoms with Gasteiger partial charge in [0, 0.05) is 56.8 Å². The van der Waals surface area contributed by atoms with Crippen LogP contribution in [0.3, 0.4) is 0 Å². The van der Waals surface area contributed by atoms with E-state index in [0.29, 0.717) is 25.9 Å². The molecule has 2 aliphatic rings. The fourth-order valence-electron chi connectivity index (χ4n) is 4.84. The predicted octanol–water partition coefficient (Wildman–Crippen LogP) is 3.39. The molecule has 4 rings (SSSR count). The van der Waals surface area contributed by atoms with Gasteiger partial charge in [0.2, 0.25) is 15.9 Å². The molecule has 2 aliphatic heterocycles. The van der Waals surface area contributed by atoms with E-state index in [-0.39, 0.29) is 46.8 Å². The molecule has 0 saturated carbocycles. The van der Waals surface area contributed by atoms with Crippen LogP contribution in [0.25, 0.3) is 12.2 Å². The third-order valence-corrected chi connectivity index (χ3v) is 8.89. The number of halogens is 2. The van der Waals surface area contributed by atoms with Gasteiger partial charge >= 0.3 is 0 Å². The molecule has 2 saturated heterocycles. The first-order chi connectivity index (χ1) is 17.2. The van der Waals surface area contributed by atoms with E-state index < -0.39 is 21.7 Å². The molecule has 0 N–H and O–H groups in total. The molecule has 0 spiro atoms. The van der Waals surface area contributed by atoms with E-state index in [1.54, 1.807) is 0 Å². The fraction of sp³-hybridized carbons (Fsp3) is 0.520. The van der Waals surface area contributed by atoms with E-state index >= 15 is 0 Å². The maximum Gasteiger partial charge on any atom is 0.248 e. The Bertz CT molecular complexity index is 1210. The van der Waals surface area contributed by atoms with Crippen molar-refractivity contribution in [3.63, 3.8) is 0 Å². The van der Waals surface area contributed by atoms with Crippen LogP contribution in [0, 0.1) is 24.5 Å². The van der Waals surface area contributed by atoms with Crippen molar-refractivity contribution in [3.8, 4) is 0 Å². The minimum absolute atomic E-state index is 0.0284. The van der Waals surface area contributed by atoms with Crippen LogP contribution in [0.15, 0.2) is 27.6 Å². The predicted molar refractivity (Wildman–Crippen MR) is 131 cm³/mol. The third-order valence-electron chi connectivity index (χ3n) is 6.83. The molecule has 2 fully saturated rings. The highest BCUT2D eigenvalue weighted by Gasteiger charge is 2.37. The lowest BCUT2D eigenvalue weighted by atomic mass is 9.96. The summed E-state index contributed by atoms with van der Waals surface area (Å²) in [6.07, 6.45) is 4.62. The Kier molecular flexibility index (Phi) is 8.21. The lowest BCUT2D eigenvalue weighted by Gasteiger charge is -2.38. The Morgan fingerprint density at radius 1 is 1.11 bits per heavy atom. The Balaban J connectivity index is 1.42. The van der Waals surface area contributed by atoms with Gasteiger partial charge in [-0.15, -0.1) is 0 Å². The van der Waals surface area contributed by atoms with Crippen LogP contribution in [0.2, 0.25) is 0 Å². The van der Waals surface area contributed by atoms with Gasteiger partial charge < -0.3 is 9.42 Å². The molecule has 36 heavy (non-hydrogen) atoms. The summed E-state index contributed by atoms with van der Waals surface area (Å²) in [5.74, 6) is -1.60. The number of benzene rings is 1. The summed E-state index contributed by atoms with van der Waals surface area (Å²) in [7, 11) is -3.95. The number of aryl methyl sites for hydroxylation is 1. The molecule has 0 bridgehead atoms. The van der Waals surface area contributed by atoms with Crippen molar-refractivity contribution < 1.29 is 26.5 Å². The summed E-state index contributed by atoms with van der Waals surface area (Å²) < 4.78 is 60.6. The summed E-state index contributed by atoms with van der Waals surface area (Å²) >= 11 is 0. The van der Waals surface area contributed by atoms with Gasteiger partial charge in [-0.25, -0.2) is 17.2 Å². The summed E-state index contributed by atoms with van der Waals surface area (Å²) in [6, 6.07) is 3.12. The number of carbonyl (C=O) groups is 1. The van der Waals surface area contributed by atoms with Crippen LogP contribution in [0.1, 0.15) is 43.2 Å². The average molecular weight is 523 g/mol. The Morgan fingerprint density at radius 2 is 1.81 bits per heavy atom. The molecule has 196 valence electrons. The molecule has 0 atom stereocenters. The smallest absolute Gasteiger partial charge is 0.248 e. The zero-order chi connectivity index (χ0) is 25.9. The van der Waals surface area contributed by atoms with Gasteiger partial charge in [-0.1, -0.05) is 12.1 Å². The van der Waals surface area contributed by atoms with Crippen molar-refractivity contribution in [2.75, 3.05) is 45.8 Å². The first-order valence-corrected chi connectivity index (χ1v) is 13.8. The number of piperidine rings is 1. The molecule has 0 aliphatic carbocycles. The Morgan fingerprint density at radius 3 is 2.44 bits per heavy atom. The molecular weight excluding hydrogens is 490 g/mol. The van der Waals surface area contributed by atoms with Crippen LogP contribution < -0.4 is 0 Å². The van der Waals surface area contributed by atoms with Crippen LogP contribution in [-0.4, -0.2) is 79.4 Å². The lowest BCUT2D eigenvalue weighted by Crippen LogP contribution is -2.52. The number of rotatable bonds is 7. The van der Waals surface area contributed by atoms with Gasteiger partial charge in [0.25, 0.3) is 0 Å². The highest BCUT2D eigenvalue weighted by atomic mass is 32.2. The molecule has 8 nitrogen and oxygen atoms in total. The normalized spacial score (nSPS) is 18.8. The van der Waals surface area contributed by atoms with Gasteiger partial charge in [0.1, 0.15) is 17.3 Å². The second-order valence-electron chi connectivity index (χ2n) is 9.31. The Labute approximate surface area is 210 Å². The van der Waals surface area contributed by atoms with E-state index in [1.165, 1.54) is 29.4 Å². The lowest BCUT2D eigenvalue weighted by molar-refractivity contribution is -0.138. The maximum absolute atomic E-state index is 14.0. The van der Waals surface area contributed by atoms with Crippen molar-refractivity contribution >= 4 is 28.1 Å². The molecule has 1 amide bonds. The highest BCUT2D eigenvalue weighted by Crippen LogP contribution is 2.30. The summed E-state index contributed by atoms with van der Waals surface area (Å²) in [5, 5.41) is 3.80. The topological polar surface area (TPSA) is 87.0 Å². The first kappa shape index (κ1) is 26.4. The van der Waals surface area contributed by atoms with Crippen molar-refractivity contribution in [1.29, 1.82) is 0 Å². The SMILES string of the molecule is CCCN1CCN(C(=O)C2CCN(S(=O)(=O)c3c(C)noc3C=Cc3ccc(F)cc3F)CC2)CC1. The second-order valence-corrected chi connectivity index (χ2v) is 11.2. The van der Waals surface area contributed by atoms with Gasteiger partial charge in [-0.05, 0) is 57.0 Å². The van der Waals surface area contributed by atoms with Crippen LogP contribution >= 0.6 is 0 Å². The zero-order valence-electron chi connectivity index (χ0n) is 20.6. The number of hydrogen-bond donors (Lipinski definition) is 0. The van der Waals surface area contributed by atoms with Crippen molar-refractivity contribution in [3.05, 3.63) is 46.9 Å².